The van der Waals surface area contributed by atoms with E-state index in [1.165, 1.54) is 0 Å². The Morgan fingerprint density at radius 2 is 2.23 bits per heavy atom. The molecule has 1 rings (SSSR count). The van der Waals surface area contributed by atoms with E-state index < -0.39 is 5.91 Å². The van der Waals surface area contributed by atoms with Crippen molar-refractivity contribution in [1.82, 2.24) is 0 Å². The topological polar surface area (TPSA) is 52.3 Å². The zero-order valence-electron chi connectivity index (χ0n) is 7.83. The molecule has 0 aliphatic heterocycles. The number of hydrogen-bond acceptors (Lipinski definition) is 2. The lowest BCUT2D eigenvalue weighted by atomic mass is 10.1. The van der Waals surface area contributed by atoms with Crippen LogP contribution >= 0.6 is 0 Å². The van der Waals surface area contributed by atoms with Crippen LogP contribution in [-0.2, 0) is 0 Å². The van der Waals surface area contributed by atoms with Crippen LogP contribution in [0.5, 0.6) is 5.75 Å². The number of ether oxygens (including phenoxy) is 1. The summed E-state index contributed by atoms with van der Waals surface area (Å²) in [5.74, 6) is 0.104. The van der Waals surface area contributed by atoms with Crippen molar-refractivity contribution >= 4 is 5.91 Å². The van der Waals surface area contributed by atoms with Crippen LogP contribution in [0.3, 0.4) is 0 Å². The monoisotopic (exact) mass is 179 g/mol. The first-order chi connectivity index (χ1) is 6.15. The van der Waals surface area contributed by atoms with Gasteiger partial charge in [0.2, 0.25) is 0 Å². The second kappa shape index (κ2) is 3.94. The van der Waals surface area contributed by atoms with Crippen molar-refractivity contribution in [3.8, 4) is 5.75 Å². The molecule has 0 saturated carbocycles. The van der Waals surface area contributed by atoms with Gasteiger partial charge in [-0.1, -0.05) is 11.6 Å². The zero-order valence-corrected chi connectivity index (χ0v) is 7.83. The van der Waals surface area contributed by atoms with Gasteiger partial charge in [0, 0.05) is 0 Å². The molecule has 3 nitrogen and oxygen atoms in total. The van der Waals surface area contributed by atoms with Crippen LogP contribution in [0, 0.1) is 6.92 Å². The van der Waals surface area contributed by atoms with E-state index in [0.717, 1.165) is 5.56 Å². The summed E-state index contributed by atoms with van der Waals surface area (Å²) in [6, 6.07) is 5.38. The predicted molar refractivity (Wildman–Crippen MR) is 50.9 cm³/mol. The van der Waals surface area contributed by atoms with E-state index in [4.69, 9.17) is 10.5 Å². The smallest absolute Gasteiger partial charge is 0.252 e. The molecule has 0 spiro atoms. The maximum Gasteiger partial charge on any atom is 0.252 e. The van der Waals surface area contributed by atoms with Crippen LogP contribution in [0.2, 0.25) is 0 Å². The molecular formula is C10H13NO2. The minimum atomic E-state index is -0.452. The fourth-order valence-electron chi connectivity index (χ4n) is 1.12. The first-order valence-corrected chi connectivity index (χ1v) is 4.18. The lowest BCUT2D eigenvalue weighted by molar-refractivity contribution is 0.0996. The van der Waals surface area contributed by atoms with Gasteiger partial charge in [-0.2, -0.15) is 0 Å². The van der Waals surface area contributed by atoms with E-state index in [0.29, 0.717) is 17.9 Å². The average Bonchev–Trinajstić information content (AvgIpc) is 2.08. The maximum atomic E-state index is 11.0. The van der Waals surface area contributed by atoms with E-state index in [9.17, 15) is 4.79 Å². The molecule has 0 heterocycles. The number of rotatable bonds is 3. The van der Waals surface area contributed by atoms with Crippen molar-refractivity contribution < 1.29 is 9.53 Å². The number of carbonyl (C=O) groups is 1. The molecule has 70 valence electrons. The molecule has 1 aromatic rings. The first-order valence-electron chi connectivity index (χ1n) is 4.18. The van der Waals surface area contributed by atoms with Gasteiger partial charge in [-0.3, -0.25) is 4.79 Å². The van der Waals surface area contributed by atoms with Gasteiger partial charge >= 0.3 is 0 Å². The highest BCUT2D eigenvalue weighted by Crippen LogP contribution is 2.19. The lowest BCUT2D eigenvalue weighted by Crippen LogP contribution is -2.13. The standard InChI is InChI=1S/C10H13NO2/c1-3-13-9-5-4-7(2)6-8(9)10(11)12/h4-6H,3H2,1-2H3,(H2,11,12). The van der Waals surface area contributed by atoms with Crippen molar-refractivity contribution in [1.29, 1.82) is 0 Å². The van der Waals surface area contributed by atoms with Gasteiger partial charge in [0.15, 0.2) is 0 Å². The van der Waals surface area contributed by atoms with Crippen molar-refractivity contribution in [3.05, 3.63) is 29.3 Å². The third-order valence-electron chi connectivity index (χ3n) is 1.70. The largest absolute Gasteiger partial charge is 0.493 e. The quantitative estimate of drug-likeness (QED) is 0.764. The Bertz CT molecular complexity index is 321. The normalized spacial score (nSPS) is 9.69. The van der Waals surface area contributed by atoms with Crippen molar-refractivity contribution in [2.75, 3.05) is 6.61 Å². The van der Waals surface area contributed by atoms with Crippen LogP contribution in [0.25, 0.3) is 0 Å². The third-order valence-corrected chi connectivity index (χ3v) is 1.70. The average molecular weight is 179 g/mol. The SMILES string of the molecule is CCOc1ccc(C)cc1C(N)=O. The highest BCUT2D eigenvalue weighted by Gasteiger charge is 2.08. The summed E-state index contributed by atoms with van der Waals surface area (Å²) in [6.45, 7) is 4.30. The fourth-order valence-corrected chi connectivity index (χ4v) is 1.12. The molecule has 1 aromatic carbocycles. The highest BCUT2D eigenvalue weighted by molar-refractivity contribution is 5.95. The van der Waals surface area contributed by atoms with Gasteiger partial charge in [-0.05, 0) is 26.0 Å². The molecule has 3 heteroatoms. The van der Waals surface area contributed by atoms with Gasteiger partial charge in [0.25, 0.3) is 5.91 Å². The van der Waals surface area contributed by atoms with Crippen molar-refractivity contribution in [3.63, 3.8) is 0 Å². The number of primary amides is 1. The number of hydrogen-bond donors (Lipinski definition) is 1. The molecule has 0 radical (unpaired) electrons. The molecule has 13 heavy (non-hydrogen) atoms. The first kappa shape index (κ1) is 9.58. The third kappa shape index (κ3) is 2.21. The molecular weight excluding hydrogens is 166 g/mol. The second-order valence-electron chi connectivity index (χ2n) is 2.80. The molecule has 1 amide bonds. The van der Waals surface area contributed by atoms with Crippen molar-refractivity contribution in [2.24, 2.45) is 5.73 Å². The summed E-state index contributed by atoms with van der Waals surface area (Å²) in [5.41, 5.74) is 6.64. The molecule has 0 aliphatic carbocycles. The number of benzene rings is 1. The molecule has 0 aliphatic rings. The van der Waals surface area contributed by atoms with Crippen molar-refractivity contribution in [2.45, 2.75) is 13.8 Å². The Morgan fingerprint density at radius 3 is 2.77 bits per heavy atom. The lowest BCUT2D eigenvalue weighted by Gasteiger charge is -2.07. The summed E-state index contributed by atoms with van der Waals surface area (Å²) in [6.07, 6.45) is 0. The van der Waals surface area contributed by atoms with Gasteiger partial charge in [0.1, 0.15) is 5.75 Å². The van der Waals surface area contributed by atoms with Crippen LogP contribution in [-0.4, -0.2) is 12.5 Å². The summed E-state index contributed by atoms with van der Waals surface area (Å²) in [5, 5.41) is 0. The maximum absolute atomic E-state index is 11.0. The molecule has 0 saturated heterocycles. The molecule has 0 bridgehead atoms. The van der Waals surface area contributed by atoms with Crippen LogP contribution in [0.4, 0.5) is 0 Å². The molecule has 2 N–H and O–H groups in total. The summed E-state index contributed by atoms with van der Waals surface area (Å²) < 4.78 is 5.25. The van der Waals surface area contributed by atoms with Gasteiger partial charge in [-0.15, -0.1) is 0 Å². The second-order valence-corrected chi connectivity index (χ2v) is 2.80. The zero-order chi connectivity index (χ0) is 9.84. The Hall–Kier alpha value is -1.51. The van der Waals surface area contributed by atoms with Gasteiger partial charge in [0.05, 0.1) is 12.2 Å². The van der Waals surface area contributed by atoms with E-state index >= 15 is 0 Å². The molecule has 0 atom stereocenters. The van der Waals surface area contributed by atoms with Crippen LogP contribution in [0.1, 0.15) is 22.8 Å². The minimum absolute atomic E-state index is 0.446. The van der Waals surface area contributed by atoms with E-state index in [1.807, 2.05) is 19.9 Å². The van der Waals surface area contributed by atoms with Gasteiger partial charge in [-0.25, -0.2) is 0 Å². The summed E-state index contributed by atoms with van der Waals surface area (Å²) in [7, 11) is 0. The summed E-state index contributed by atoms with van der Waals surface area (Å²) in [4.78, 5) is 11.0. The predicted octanol–water partition coefficient (Wildman–Crippen LogP) is 1.49. The Labute approximate surface area is 77.5 Å². The fraction of sp³-hybridized carbons (Fsp3) is 0.300. The number of carbonyl (C=O) groups excluding carboxylic acids is 1. The molecule has 0 fully saturated rings. The minimum Gasteiger partial charge on any atom is -0.493 e. The number of aryl methyl sites for hydroxylation is 1. The van der Waals surface area contributed by atoms with E-state index in [2.05, 4.69) is 0 Å². The Morgan fingerprint density at radius 1 is 1.54 bits per heavy atom. The Kier molecular flexibility index (Phi) is 2.90. The molecule has 0 unspecified atom stereocenters. The van der Waals surface area contributed by atoms with E-state index in [1.54, 1.807) is 12.1 Å². The number of amides is 1. The van der Waals surface area contributed by atoms with Crippen LogP contribution in [0.15, 0.2) is 18.2 Å². The van der Waals surface area contributed by atoms with Crippen LogP contribution < -0.4 is 10.5 Å². The summed E-state index contributed by atoms with van der Waals surface area (Å²) >= 11 is 0. The van der Waals surface area contributed by atoms with E-state index in [-0.39, 0.29) is 0 Å². The highest BCUT2D eigenvalue weighted by atomic mass is 16.5. The Balaban J connectivity index is 3.10. The number of nitrogens with two attached hydrogens (primary N) is 1. The van der Waals surface area contributed by atoms with Gasteiger partial charge < -0.3 is 10.5 Å². The molecule has 0 aromatic heterocycles.